The van der Waals surface area contributed by atoms with E-state index < -0.39 is 0 Å². The number of carbonyl (C=O) groups excluding carboxylic acids is 1. The lowest BCUT2D eigenvalue weighted by Crippen LogP contribution is -2.11. The average Bonchev–Trinajstić information content (AvgIpc) is 3.36. The zero-order valence-electron chi connectivity index (χ0n) is 16.4. The van der Waals surface area contributed by atoms with Gasteiger partial charge in [0, 0.05) is 29.3 Å². The quantitative estimate of drug-likeness (QED) is 0.508. The van der Waals surface area contributed by atoms with Gasteiger partial charge in [-0.25, -0.2) is 9.97 Å². The van der Waals surface area contributed by atoms with Crippen LogP contribution in [0, 0.1) is 13.8 Å². The summed E-state index contributed by atoms with van der Waals surface area (Å²) in [5, 5.41) is 3.80. The Kier molecular flexibility index (Phi) is 4.94. The first-order chi connectivity index (χ1) is 14.0. The van der Waals surface area contributed by atoms with E-state index in [2.05, 4.69) is 15.3 Å². The molecule has 1 N–H and O–H groups in total. The van der Waals surface area contributed by atoms with E-state index in [1.54, 1.807) is 44.7 Å². The summed E-state index contributed by atoms with van der Waals surface area (Å²) in [5.41, 5.74) is 2.24. The van der Waals surface area contributed by atoms with Crippen molar-refractivity contribution < 1.29 is 18.7 Å². The minimum absolute atomic E-state index is 0.222. The average molecular weight is 409 g/mol. The predicted molar refractivity (Wildman–Crippen MR) is 112 cm³/mol. The molecule has 0 fully saturated rings. The van der Waals surface area contributed by atoms with Crippen molar-refractivity contribution >= 4 is 33.1 Å². The van der Waals surface area contributed by atoms with E-state index in [1.807, 2.05) is 19.9 Å². The number of carbonyl (C=O) groups is 1. The van der Waals surface area contributed by atoms with Crippen molar-refractivity contribution in [3.8, 4) is 23.1 Å². The van der Waals surface area contributed by atoms with E-state index in [4.69, 9.17) is 13.9 Å². The molecule has 3 aromatic heterocycles. The van der Waals surface area contributed by atoms with Crippen LogP contribution in [0.3, 0.4) is 0 Å². The van der Waals surface area contributed by atoms with Gasteiger partial charge in [0.15, 0.2) is 11.6 Å². The summed E-state index contributed by atoms with van der Waals surface area (Å²) in [7, 11) is 3.13. The summed E-state index contributed by atoms with van der Waals surface area (Å²) < 4.78 is 15.9. The lowest BCUT2D eigenvalue weighted by Gasteiger charge is -2.09. The Balaban J connectivity index is 1.71. The topological polar surface area (TPSA) is 86.5 Å². The highest BCUT2D eigenvalue weighted by Crippen LogP contribution is 2.34. The number of anilines is 1. The molecule has 29 heavy (non-hydrogen) atoms. The van der Waals surface area contributed by atoms with Crippen LogP contribution in [-0.2, 0) is 0 Å². The predicted octanol–water partition coefficient (Wildman–Crippen LogP) is 4.84. The summed E-state index contributed by atoms with van der Waals surface area (Å²) >= 11 is 1.33. The summed E-state index contributed by atoms with van der Waals surface area (Å²) in [6, 6.07) is 8.83. The summed E-state index contributed by atoms with van der Waals surface area (Å²) in [4.78, 5) is 23.4. The monoisotopic (exact) mass is 409 g/mol. The molecule has 8 heteroatoms. The Bertz CT molecular complexity index is 1180. The molecular formula is C21H19N3O4S. The Morgan fingerprint density at radius 1 is 1.10 bits per heavy atom. The van der Waals surface area contributed by atoms with Gasteiger partial charge in [-0.15, -0.1) is 11.3 Å². The van der Waals surface area contributed by atoms with Crippen LogP contribution in [0.1, 0.15) is 20.9 Å². The number of nitrogens with one attached hydrogen (secondary N) is 1. The molecule has 0 aliphatic rings. The SMILES string of the molecule is COc1cc(NC(=O)c2sc3nc(-c4ccco4)nc(C)c3c2C)cc(OC)c1. The van der Waals surface area contributed by atoms with Gasteiger partial charge in [-0.3, -0.25) is 4.79 Å². The van der Waals surface area contributed by atoms with Gasteiger partial charge >= 0.3 is 0 Å². The first kappa shape index (κ1) is 18.9. The molecule has 0 radical (unpaired) electrons. The molecule has 0 saturated heterocycles. The standard InChI is InChI=1S/C21H19N3O4S/c1-11-17-12(2)22-19(16-6-5-7-28-16)24-21(17)29-18(11)20(25)23-13-8-14(26-3)10-15(9-13)27-4/h5-10H,1-4H3,(H,23,25). The van der Waals surface area contributed by atoms with Crippen molar-refractivity contribution in [2.45, 2.75) is 13.8 Å². The van der Waals surface area contributed by atoms with Crippen molar-refractivity contribution in [1.82, 2.24) is 9.97 Å². The third-order valence-electron chi connectivity index (χ3n) is 4.53. The zero-order valence-corrected chi connectivity index (χ0v) is 17.2. The molecule has 0 saturated carbocycles. The van der Waals surface area contributed by atoms with Gasteiger partial charge in [-0.2, -0.15) is 0 Å². The van der Waals surface area contributed by atoms with Crippen molar-refractivity contribution in [3.05, 3.63) is 52.7 Å². The smallest absolute Gasteiger partial charge is 0.266 e. The second-order valence-electron chi connectivity index (χ2n) is 6.40. The second kappa shape index (κ2) is 7.56. The number of methoxy groups -OCH3 is 2. The lowest BCUT2D eigenvalue weighted by atomic mass is 10.1. The van der Waals surface area contributed by atoms with Gasteiger partial charge in [0.2, 0.25) is 0 Å². The highest BCUT2D eigenvalue weighted by atomic mass is 32.1. The second-order valence-corrected chi connectivity index (χ2v) is 7.40. The highest BCUT2D eigenvalue weighted by molar-refractivity contribution is 7.20. The molecule has 0 aliphatic carbocycles. The molecule has 0 spiro atoms. The molecule has 1 aromatic carbocycles. The van der Waals surface area contributed by atoms with Crippen molar-refractivity contribution in [2.75, 3.05) is 19.5 Å². The van der Waals surface area contributed by atoms with Gasteiger partial charge in [-0.05, 0) is 31.5 Å². The van der Waals surface area contributed by atoms with Gasteiger partial charge in [0.25, 0.3) is 5.91 Å². The number of rotatable bonds is 5. The first-order valence-corrected chi connectivity index (χ1v) is 9.68. The zero-order chi connectivity index (χ0) is 20.5. The van der Waals surface area contributed by atoms with Crippen molar-refractivity contribution in [1.29, 1.82) is 0 Å². The summed E-state index contributed by atoms with van der Waals surface area (Å²) in [5.74, 6) is 2.07. The maximum absolute atomic E-state index is 13.0. The molecule has 4 rings (SSSR count). The van der Waals surface area contributed by atoms with Crippen LogP contribution < -0.4 is 14.8 Å². The summed E-state index contributed by atoms with van der Waals surface area (Å²) in [6.45, 7) is 3.81. The number of nitrogens with zero attached hydrogens (tertiary/aromatic N) is 2. The lowest BCUT2D eigenvalue weighted by molar-refractivity contribution is 0.103. The van der Waals surface area contributed by atoms with E-state index >= 15 is 0 Å². The van der Waals surface area contributed by atoms with E-state index in [0.29, 0.717) is 33.6 Å². The molecule has 0 atom stereocenters. The number of aromatic nitrogens is 2. The van der Waals surface area contributed by atoms with Gasteiger partial charge in [-0.1, -0.05) is 0 Å². The highest BCUT2D eigenvalue weighted by Gasteiger charge is 2.20. The Morgan fingerprint density at radius 2 is 1.83 bits per heavy atom. The molecule has 0 aliphatic heterocycles. The van der Waals surface area contributed by atoms with Crippen LogP contribution in [0.15, 0.2) is 41.0 Å². The number of amides is 1. The normalized spacial score (nSPS) is 10.9. The van der Waals surface area contributed by atoms with Crippen LogP contribution >= 0.6 is 11.3 Å². The van der Waals surface area contributed by atoms with Crippen LogP contribution in [0.25, 0.3) is 21.8 Å². The largest absolute Gasteiger partial charge is 0.497 e. The van der Waals surface area contributed by atoms with E-state index in [9.17, 15) is 4.79 Å². The van der Waals surface area contributed by atoms with Gasteiger partial charge < -0.3 is 19.2 Å². The molecular weight excluding hydrogens is 390 g/mol. The van der Waals surface area contributed by atoms with Crippen LogP contribution in [-0.4, -0.2) is 30.1 Å². The number of ether oxygens (including phenoxy) is 2. The Labute approximate surface area is 171 Å². The van der Waals surface area contributed by atoms with Crippen LogP contribution in [0.2, 0.25) is 0 Å². The maximum Gasteiger partial charge on any atom is 0.266 e. The van der Waals surface area contributed by atoms with E-state index in [0.717, 1.165) is 21.5 Å². The van der Waals surface area contributed by atoms with Crippen LogP contribution in [0.4, 0.5) is 5.69 Å². The molecule has 0 unspecified atom stereocenters. The minimum Gasteiger partial charge on any atom is -0.497 e. The number of benzene rings is 1. The fourth-order valence-corrected chi connectivity index (χ4v) is 4.27. The molecule has 148 valence electrons. The molecule has 3 heterocycles. The van der Waals surface area contributed by atoms with Gasteiger partial charge in [0.1, 0.15) is 16.3 Å². The number of thiophene rings is 1. The fraction of sp³-hybridized carbons (Fsp3) is 0.190. The fourth-order valence-electron chi connectivity index (χ4n) is 3.14. The number of hydrogen-bond acceptors (Lipinski definition) is 7. The maximum atomic E-state index is 13.0. The van der Waals surface area contributed by atoms with Crippen molar-refractivity contribution in [2.24, 2.45) is 0 Å². The van der Waals surface area contributed by atoms with Crippen molar-refractivity contribution in [3.63, 3.8) is 0 Å². The summed E-state index contributed by atoms with van der Waals surface area (Å²) in [6.07, 6.45) is 1.58. The van der Waals surface area contributed by atoms with Gasteiger partial charge in [0.05, 0.1) is 31.1 Å². The number of hydrogen-bond donors (Lipinski definition) is 1. The Hall–Kier alpha value is -3.39. The number of aryl methyl sites for hydroxylation is 2. The molecule has 7 nitrogen and oxygen atoms in total. The number of fused-ring (bicyclic) bond motifs is 1. The first-order valence-electron chi connectivity index (χ1n) is 8.86. The van der Waals surface area contributed by atoms with Crippen LogP contribution in [0.5, 0.6) is 11.5 Å². The molecule has 0 bridgehead atoms. The molecule has 1 amide bonds. The minimum atomic E-state index is -0.222. The third-order valence-corrected chi connectivity index (χ3v) is 5.71. The third kappa shape index (κ3) is 3.54. The van der Waals surface area contributed by atoms with E-state index in [-0.39, 0.29) is 5.91 Å². The Morgan fingerprint density at radius 3 is 2.45 bits per heavy atom. The molecule has 4 aromatic rings. The number of furan rings is 1. The van der Waals surface area contributed by atoms with E-state index in [1.165, 1.54) is 11.3 Å².